The van der Waals surface area contributed by atoms with Crippen molar-refractivity contribution in [2.75, 3.05) is 13.7 Å². The Morgan fingerprint density at radius 3 is 2.75 bits per heavy atom. The second-order valence-corrected chi connectivity index (χ2v) is 4.88. The highest BCUT2D eigenvalue weighted by Crippen LogP contribution is 2.28. The van der Waals surface area contributed by atoms with E-state index in [1.807, 2.05) is 20.0 Å². The van der Waals surface area contributed by atoms with Gasteiger partial charge < -0.3 is 14.5 Å². The van der Waals surface area contributed by atoms with Gasteiger partial charge in [-0.1, -0.05) is 13.3 Å². The van der Waals surface area contributed by atoms with Crippen LogP contribution in [-0.2, 0) is 4.74 Å². The SMILES string of the molecule is CCCC(OCC)C(NC)c1cc2cc(F)ccc2o1. The van der Waals surface area contributed by atoms with Gasteiger partial charge in [0.2, 0.25) is 0 Å². The van der Waals surface area contributed by atoms with Crippen LogP contribution in [-0.4, -0.2) is 19.8 Å². The maximum absolute atomic E-state index is 13.2. The van der Waals surface area contributed by atoms with Crippen molar-refractivity contribution in [2.24, 2.45) is 0 Å². The number of hydrogen-bond acceptors (Lipinski definition) is 3. The van der Waals surface area contributed by atoms with Crippen molar-refractivity contribution in [3.8, 4) is 0 Å². The maximum atomic E-state index is 13.2. The monoisotopic (exact) mass is 279 g/mol. The first-order valence-electron chi connectivity index (χ1n) is 7.17. The summed E-state index contributed by atoms with van der Waals surface area (Å²) >= 11 is 0. The Bertz CT molecular complexity index is 546. The lowest BCUT2D eigenvalue weighted by Crippen LogP contribution is -2.31. The van der Waals surface area contributed by atoms with Gasteiger partial charge in [-0.05, 0) is 44.7 Å². The van der Waals surface area contributed by atoms with E-state index in [2.05, 4.69) is 12.2 Å². The third-order valence-electron chi connectivity index (χ3n) is 3.44. The number of rotatable bonds is 7. The molecular weight excluding hydrogens is 257 g/mol. The lowest BCUT2D eigenvalue weighted by molar-refractivity contribution is 0.0246. The maximum Gasteiger partial charge on any atom is 0.134 e. The number of fused-ring (bicyclic) bond motifs is 1. The lowest BCUT2D eigenvalue weighted by Gasteiger charge is -2.24. The molecule has 1 aromatic carbocycles. The fourth-order valence-corrected chi connectivity index (χ4v) is 2.54. The van der Waals surface area contributed by atoms with Crippen LogP contribution in [0.25, 0.3) is 11.0 Å². The Hall–Kier alpha value is -1.39. The fraction of sp³-hybridized carbons (Fsp3) is 0.500. The number of ether oxygens (including phenoxy) is 1. The van der Waals surface area contributed by atoms with Crippen molar-refractivity contribution in [1.82, 2.24) is 5.32 Å². The highest BCUT2D eigenvalue weighted by atomic mass is 19.1. The van der Waals surface area contributed by atoms with Gasteiger partial charge >= 0.3 is 0 Å². The molecule has 0 amide bonds. The van der Waals surface area contributed by atoms with Gasteiger partial charge in [0.25, 0.3) is 0 Å². The Labute approximate surface area is 119 Å². The second-order valence-electron chi connectivity index (χ2n) is 4.88. The summed E-state index contributed by atoms with van der Waals surface area (Å²) < 4.78 is 24.9. The topological polar surface area (TPSA) is 34.4 Å². The van der Waals surface area contributed by atoms with Gasteiger partial charge in [-0.15, -0.1) is 0 Å². The fourth-order valence-electron chi connectivity index (χ4n) is 2.54. The zero-order chi connectivity index (χ0) is 14.5. The zero-order valence-electron chi connectivity index (χ0n) is 12.3. The summed E-state index contributed by atoms with van der Waals surface area (Å²) in [5, 5.41) is 4.04. The second kappa shape index (κ2) is 6.86. The molecule has 0 spiro atoms. The average molecular weight is 279 g/mol. The van der Waals surface area contributed by atoms with Crippen molar-refractivity contribution >= 4 is 11.0 Å². The quantitative estimate of drug-likeness (QED) is 0.830. The van der Waals surface area contributed by atoms with E-state index in [9.17, 15) is 4.39 Å². The van der Waals surface area contributed by atoms with Gasteiger partial charge in [-0.25, -0.2) is 4.39 Å². The molecule has 110 valence electrons. The summed E-state index contributed by atoms with van der Waals surface area (Å²) in [4.78, 5) is 0. The molecule has 3 nitrogen and oxygen atoms in total. The van der Waals surface area contributed by atoms with Gasteiger partial charge in [0.15, 0.2) is 0 Å². The summed E-state index contributed by atoms with van der Waals surface area (Å²) in [6.45, 7) is 4.79. The summed E-state index contributed by atoms with van der Waals surface area (Å²) in [6, 6.07) is 6.43. The van der Waals surface area contributed by atoms with E-state index in [0.29, 0.717) is 12.2 Å². The molecule has 0 aliphatic carbocycles. The zero-order valence-corrected chi connectivity index (χ0v) is 12.3. The lowest BCUT2D eigenvalue weighted by atomic mass is 10.0. The summed E-state index contributed by atoms with van der Waals surface area (Å²) in [6.07, 6.45) is 2.04. The summed E-state index contributed by atoms with van der Waals surface area (Å²) in [5.41, 5.74) is 0.702. The van der Waals surface area contributed by atoms with Crippen LogP contribution in [0.1, 0.15) is 38.5 Å². The Balaban J connectivity index is 2.31. The molecule has 2 rings (SSSR count). The van der Waals surface area contributed by atoms with E-state index in [-0.39, 0.29) is 18.0 Å². The van der Waals surface area contributed by atoms with Crippen LogP contribution in [0.15, 0.2) is 28.7 Å². The molecule has 4 heteroatoms. The molecule has 1 N–H and O–H groups in total. The smallest absolute Gasteiger partial charge is 0.134 e. The van der Waals surface area contributed by atoms with Crippen LogP contribution in [0.3, 0.4) is 0 Å². The number of nitrogens with one attached hydrogen (secondary N) is 1. The van der Waals surface area contributed by atoms with Crippen molar-refractivity contribution < 1.29 is 13.5 Å². The van der Waals surface area contributed by atoms with Crippen molar-refractivity contribution in [1.29, 1.82) is 0 Å². The molecule has 2 atom stereocenters. The van der Waals surface area contributed by atoms with Crippen LogP contribution in [0.5, 0.6) is 0 Å². The van der Waals surface area contributed by atoms with E-state index in [1.165, 1.54) is 12.1 Å². The van der Waals surface area contributed by atoms with Gasteiger partial charge in [0, 0.05) is 12.0 Å². The third-order valence-corrected chi connectivity index (χ3v) is 3.44. The Morgan fingerprint density at radius 1 is 1.30 bits per heavy atom. The number of halogens is 1. The van der Waals surface area contributed by atoms with Crippen molar-refractivity contribution in [3.63, 3.8) is 0 Å². The van der Waals surface area contributed by atoms with Crippen LogP contribution in [0.2, 0.25) is 0 Å². The third kappa shape index (κ3) is 3.19. The standard InChI is InChI=1S/C16H22FNO2/c1-4-6-14(19-5-2)16(18-3)15-10-11-9-12(17)7-8-13(11)20-15/h7-10,14,16,18H,4-6H2,1-3H3. The molecule has 0 aliphatic rings. The molecule has 1 heterocycles. The molecule has 0 fully saturated rings. The number of likely N-dealkylation sites (N-methyl/N-ethyl adjacent to an activating group) is 1. The van der Waals surface area contributed by atoms with Gasteiger partial charge in [0.1, 0.15) is 17.2 Å². The predicted molar refractivity (Wildman–Crippen MR) is 78.3 cm³/mol. The number of furan rings is 1. The van der Waals surface area contributed by atoms with Crippen molar-refractivity contribution in [3.05, 3.63) is 35.8 Å². The van der Waals surface area contributed by atoms with Crippen LogP contribution >= 0.6 is 0 Å². The molecular formula is C16H22FNO2. The molecule has 2 aromatic rings. The van der Waals surface area contributed by atoms with E-state index in [1.54, 1.807) is 6.07 Å². The van der Waals surface area contributed by atoms with Crippen LogP contribution in [0, 0.1) is 5.82 Å². The Kier molecular flexibility index (Phi) is 5.15. The first-order valence-corrected chi connectivity index (χ1v) is 7.17. The predicted octanol–water partition coefficient (Wildman–Crippen LogP) is 4.04. The normalized spacial score (nSPS) is 14.6. The molecule has 20 heavy (non-hydrogen) atoms. The van der Waals surface area contributed by atoms with Crippen molar-refractivity contribution in [2.45, 2.75) is 38.8 Å². The molecule has 2 unspecified atom stereocenters. The van der Waals surface area contributed by atoms with Gasteiger partial charge in [0.05, 0.1) is 12.1 Å². The van der Waals surface area contributed by atoms with E-state index in [4.69, 9.17) is 9.15 Å². The van der Waals surface area contributed by atoms with Crippen LogP contribution < -0.4 is 5.32 Å². The minimum absolute atomic E-state index is 0.0228. The van der Waals surface area contributed by atoms with Gasteiger partial charge in [-0.3, -0.25) is 0 Å². The average Bonchev–Trinajstić information content (AvgIpc) is 2.82. The largest absolute Gasteiger partial charge is 0.459 e. The highest BCUT2D eigenvalue weighted by molar-refractivity contribution is 5.78. The molecule has 0 saturated carbocycles. The molecule has 0 radical (unpaired) electrons. The number of benzene rings is 1. The summed E-state index contributed by atoms with van der Waals surface area (Å²) in [5.74, 6) is 0.542. The van der Waals surface area contributed by atoms with E-state index < -0.39 is 0 Å². The van der Waals surface area contributed by atoms with E-state index >= 15 is 0 Å². The van der Waals surface area contributed by atoms with Crippen LogP contribution in [0.4, 0.5) is 4.39 Å². The molecule has 0 bridgehead atoms. The minimum atomic E-state index is -0.249. The molecule has 0 aliphatic heterocycles. The number of hydrogen-bond donors (Lipinski definition) is 1. The highest BCUT2D eigenvalue weighted by Gasteiger charge is 2.24. The van der Waals surface area contributed by atoms with Gasteiger partial charge in [-0.2, -0.15) is 0 Å². The first-order chi connectivity index (χ1) is 9.69. The van der Waals surface area contributed by atoms with E-state index in [0.717, 1.165) is 24.0 Å². The minimum Gasteiger partial charge on any atom is -0.459 e. The molecule has 1 aromatic heterocycles. The summed E-state index contributed by atoms with van der Waals surface area (Å²) in [7, 11) is 1.89. The Morgan fingerprint density at radius 2 is 2.10 bits per heavy atom. The molecule has 0 saturated heterocycles. The first kappa shape index (κ1) is 15.0.